The summed E-state index contributed by atoms with van der Waals surface area (Å²) in [6, 6.07) is 9.64. The molecule has 0 saturated carbocycles. The van der Waals surface area contributed by atoms with Gasteiger partial charge in [-0.15, -0.1) is 0 Å². The van der Waals surface area contributed by atoms with Crippen LogP contribution in [-0.4, -0.2) is 10.9 Å². The fraction of sp³-hybridized carbons (Fsp3) is 0. The van der Waals surface area contributed by atoms with E-state index in [1.165, 1.54) is 12.1 Å². The fourth-order valence-corrected chi connectivity index (χ4v) is 1.46. The van der Waals surface area contributed by atoms with Gasteiger partial charge in [0.15, 0.2) is 11.8 Å². The molecule has 1 aromatic carbocycles. The molecule has 2 rings (SSSR count). The van der Waals surface area contributed by atoms with Crippen LogP contribution >= 0.6 is 0 Å². The fourth-order valence-electron chi connectivity index (χ4n) is 1.46. The number of hydrogen-bond acceptors (Lipinski definition) is 2. The molecule has 1 aromatic heterocycles. The summed E-state index contributed by atoms with van der Waals surface area (Å²) in [7, 11) is 0. The number of nitrogens with zero attached hydrogens (tertiary/aromatic N) is 2. The lowest BCUT2D eigenvalue weighted by Crippen LogP contribution is -2.22. The minimum atomic E-state index is -0.291. The second kappa shape index (κ2) is 4.61. The number of pyridine rings is 1. The number of rotatable bonds is 2. The summed E-state index contributed by atoms with van der Waals surface area (Å²) < 4.78 is 12.8. The van der Waals surface area contributed by atoms with Crippen LogP contribution in [0.3, 0.4) is 0 Å². The predicted molar refractivity (Wildman–Crippen MR) is 65.1 cm³/mol. The van der Waals surface area contributed by atoms with E-state index in [9.17, 15) is 4.39 Å². The van der Waals surface area contributed by atoms with E-state index in [1.54, 1.807) is 24.4 Å². The second-order valence-electron chi connectivity index (χ2n) is 3.42. The lowest BCUT2D eigenvalue weighted by molar-refractivity contribution is 0.628. The highest BCUT2D eigenvalue weighted by molar-refractivity contribution is 5.82. The Balaban J connectivity index is 2.52. The minimum Gasteiger partial charge on any atom is -0.370 e. The van der Waals surface area contributed by atoms with E-state index in [1.807, 2.05) is 6.07 Å². The highest BCUT2D eigenvalue weighted by atomic mass is 19.1. The van der Waals surface area contributed by atoms with Crippen LogP contribution < -0.4 is 11.5 Å². The zero-order valence-electron chi connectivity index (χ0n) is 8.97. The third-order valence-electron chi connectivity index (χ3n) is 2.18. The van der Waals surface area contributed by atoms with Crippen molar-refractivity contribution in [3.8, 4) is 11.1 Å². The molecule has 17 heavy (non-hydrogen) atoms. The first-order chi connectivity index (χ1) is 8.16. The molecule has 0 bridgehead atoms. The molecule has 1 heterocycles. The van der Waals surface area contributed by atoms with E-state index < -0.39 is 0 Å². The number of halogens is 1. The van der Waals surface area contributed by atoms with E-state index in [0.717, 1.165) is 11.1 Å². The predicted octanol–water partition coefficient (Wildman–Crippen LogP) is 1.79. The molecule has 0 aliphatic rings. The van der Waals surface area contributed by atoms with Gasteiger partial charge >= 0.3 is 0 Å². The molecule has 5 heteroatoms. The van der Waals surface area contributed by atoms with Crippen LogP contribution in [0.4, 0.5) is 10.2 Å². The maximum absolute atomic E-state index is 12.8. The molecule has 0 spiro atoms. The van der Waals surface area contributed by atoms with Gasteiger partial charge in [-0.05, 0) is 29.8 Å². The van der Waals surface area contributed by atoms with Crippen LogP contribution in [-0.2, 0) is 0 Å². The Kier molecular flexibility index (Phi) is 3.00. The Bertz CT molecular complexity index is 545. The van der Waals surface area contributed by atoms with E-state index in [-0.39, 0.29) is 11.8 Å². The second-order valence-corrected chi connectivity index (χ2v) is 3.42. The van der Waals surface area contributed by atoms with Gasteiger partial charge in [0.05, 0.1) is 0 Å². The Labute approximate surface area is 97.8 Å². The van der Waals surface area contributed by atoms with Crippen molar-refractivity contribution in [3.63, 3.8) is 0 Å². The van der Waals surface area contributed by atoms with Gasteiger partial charge in [0.25, 0.3) is 0 Å². The number of guanidine groups is 1. The smallest absolute Gasteiger partial charge is 0.192 e. The van der Waals surface area contributed by atoms with E-state index >= 15 is 0 Å². The maximum Gasteiger partial charge on any atom is 0.192 e. The quantitative estimate of drug-likeness (QED) is 0.610. The summed E-state index contributed by atoms with van der Waals surface area (Å²) >= 11 is 0. The molecule has 0 unspecified atom stereocenters. The van der Waals surface area contributed by atoms with Crippen LogP contribution in [0.2, 0.25) is 0 Å². The summed E-state index contributed by atoms with van der Waals surface area (Å²) in [5.74, 6) is 0.0622. The number of hydrogen-bond donors (Lipinski definition) is 2. The molecule has 0 amide bonds. The third-order valence-corrected chi connectivity index (χ3v) is 2.18. The van der Waals surface area contributed by atoms with Crippen molar-refractivity contribution in [1.82, 2.24) is 4.98 Å². The van der Waals surface area contributed by atoms with Gasteiger partial charge in [-0.3, -0.25) is 0 Å². The molecule has 0 radical (unpaired) electrons. The monoisotopic (exact) mass is 230 g/mol. The highest BCUT2D eigenvalue weighted by Gasteiger charge is 2.05. The summed E-state index contributed by atoms with van der Waals surface area (Å²) in [5, 5.41) is 0. The van der Waals surface area contributed by atoms with Crippen molar-refractivity contribution in [3.05, 3.63) is 48.4 Å². The first kappa shape index (κ1) is 11.1. The molecule has 4 N–H and O–H groups in total. The Morgan fingerprint density at radius 1 is 1.12 bits per heavy atom. The summed E-state index contributed by atoms with van der Waals surface area (Å²) in [4.78, 5) is 8.00. The van der Waals surface area contributed by atoms with Gasteiger partial charge in [0.1, 0.15) is 5.82 Å². The van der Waals surface area contributed by atoms with Crippen LogP contribution in [0, 0.1) is 5.82 Å². The van der Waals surface area contributed by atoms with Gasteiger partial charge in [-0.25, -0.2) is 9.37 Å². The molecule has 86 valence electrons. The Morgan fingerprint density at radius 3 is 2.47 bits per heavy atom. The van der Waals surface area contributed by atoms with Crippen molar-refractivity contribution < 1.29 is 4.39 Å². The summed E-state index contributed by atoms with van der Waals surface area (Å²) in [6.45, 7) is 0. The van der Waals surface area contributed by atoms with E-state index in [2.05, 4.69) is 9.98 Å². The van der Waals surface area contributed by atoms with Gasteiger partial charge in [-0.2, -0.15) is 4.99 Å². The largest absolute Gasteiger partial charge is 0.370 e. The third kappa shape index (κ3) is 2.57. The zero-order chi connectivity index (χ0) is 12.3. The van der Waals surface area contributed by atoms with E-state index in [0.29, 0.717) is 5.82 Å². The number of aliphatic imine (C=N–C) groups is 1. The van der Waals surface area contributed by atoms with Crippen molar-refractivity contribution in [2.24, 2.45) is 16.5 Å². The number of nitrogens with two attached hydrogens (primary N) is 2. The van der Waals surface area contributed by atoms with Crippen molar-refractivity contribution >= 4 is 11.8 Å². The molecule has 0 aliphatic heterocycles. The average Bonchev–Trinajstić information content (AvgIpc) is 2.30. The van der Waals surface area contributed by atoms with Gasteiger partial charge in [0, 0.05) is 11.8 Å². The molecule has 4 nitrogen and oxygen atoms in total. The van der Waals surface area contributed by atoms with E-state index in [4.69, 9.17) is 11.5 Å². The van der Waals surface area contributed by atoms with Crippen LogP contribution in [0.1, 0.15) is 0 Å². The molecule has 2 aromatic rings. The first-order valence-corrected chi connectivity index (χ1v) is 4.97. The van der Waals surface area contributed by atoms with Crippen LogP contribution in [0.15, 0.2) is 47.6 Å². The molecular formula is C12H11FN4. The number of benzene rings is 1. The van der Waals surface area contributed by atoms with Crippen molar-refractivity contribution in [2.75, 3.05) is 0 Å². The van der Waals surface area contributed by atoms with Crippen LogP contribution in [0.5, 0.6) is 0 Å². The van der Waals surface area contributed by atoms with Gasteiger partial charge in [0.2, 0.25) is 0 Å². The highest BCUT2D eigenvalue weighted by Crippen LogP contribution is 2.27. The lowest BCUT2D eigenvalue weighted by atomic mass is 10.1. The van der Waals surface area contributed by atoms with Crippen LogP contribution in [0.25, 0.3) is 11.1 Å². The Morgan fingerprint density at radius 2 is 1.82 bits per heavy atom. The SMILES string of the molecule is NC(N)=Nc1ncccc1-c1ccc(F)cc1. The van der Waals surface area contributed by atoms with Crippen molar-refractivity contribution in [2.45, 2.75) is 0 Å². The van der Waals surface area contributed by atoms with Gasteiger partial charge in [-0.1, -0.05) is 12.1 Å². The normalized spacial score (nSPS) is 9.94. The number of aromatic nitrogens is 1. The summed E-state index contributed by atoms with van der Waals surface area (Å²) in [6.07, 6.45) is 1.59. The minimum absolute atomic E-state index is 0.0629. The summed E-state index contributed by atoms with van der Waals surface area (Å²) in [5.41, 5.74) is 12.2. The molecule has 0 saturated heterocycles. The molecule has 0 aliphatic carbocycles. The average molecular weight is 230 g/mol. The maximum atomic E-state index is 12.8. The van der Waals surface area contributed by atoms with Gasteiger partial charge < -0.3 is 11.5 Å². The zero-order valence-corrected chi connectivity index (χ0v) is 8.97. The first-order valence-electron chi connectivity index (χ1n) is 4.97. The molecule has 0 atom stereocenters. The standard InChI is InChI=1S/C12H11FN4/c13-9-5-3-8(4-6-9)10-2-1-7-16-11(10)17-12(14)15/h1-7H,(H4,14,15,16,17). The topological polar surface area (TPSA) is 77.3 Å². The lowest BCUT2D eigenvalue weighted by Gasteiger charge is -2.04. The van der Waals surface area contributed by atoms with Crippen molar-refractivity contribution in [1.29, 1.82) is 0 Å². The Hall–Kier alpha value is -2.43. The molecular weight excluding hydrogens is 219 g/mol. The molecule has 0 fully saturated rings.